The number of hydrogen-bond donors (Lipinski definition) is 0. The Morgan fingerprint density at radius 1 is 1.19 bits per heavy atom. The van der Waals surface area contributed by atoms with Crippen molar-refractivity contribution in [3.63, 3.8) is 0 Å². The zero-order valence-electron chi connectivity index (χ0n) is 16.9. The number of nitrogens with zero attached hydrogens (tertiary/aromatic N) is 4. The molecule has 3 aromatic rings. The minimum Gasteiger partial charge on any atom is -0.452 e. The molecular weight excluding hydrogens is 416 g/mol. The van der Waals surface area contributed by atoms with Gasteiger partial charge >= 0.3 is 5.97 Å². The summed E-state index contributed by atoms with van der Waals surface area (Å²) in [5.74, 6) is -1.04. The van der Waals surface area contributed by atoms with Crippen LogP contribution in [0.4, 0.5) is 0 Å². The van der Waals surface area contributed by atoms with E-state index in [2.05, 4.69) is 15.1 Å². The van der Waals surface area contributed by atoms with Gasteiger partial charge < -0.3 is 14.0 Å². The monoisotopic (exact) mass is 434 g/mol. The molecule has 0 aliphatic carbocycles. The number of benzene rings is 1. The van der Waals surface area contributed by atoms with Crippen LogP contribution in [0.2, 0.25) is 0 Å². The van der Waals surface area contributed by atoms with Crippen molar-refractivity contribution >= 4 is 17.8 Å². The minimum absolute atomic E-state index is 0.118. The first-order chi connectivity index (χ1) is 15.6. The van der Waals surface area contributed by atoms with E-state index in [1.165, 1.54) is 23.1 Å². The molecule has 2 amide bonds. The molecule has 1 fully saturated rings. The number of carbonyl (C=O) groups excluding carboxylic acids is 3. The predicted octanol–water partition coefficient (Wildman–Crippen LogP) is 2.26. The van der Waals surface area contributed by atoms with Crippen LogP contribution in [0.3, 0.4) is 0 Å². The van der Waals surface area contributed by atoms with Crippen LogP contribution in [-0.4, -0.2) is 57.1 Å². The fraction of sp³-hybridized carbons (Fsp3) is 0.273. The average Bonchev–Trinajstić information content (AvgIpc) is 3.56. The normalized spacial score (nSPS) is 17.6. The lowest BCUT2D eigenvalue weighted by molar-refractivity contribution is 0.0429. The van der Waals surface area contributed by atoms with Crippen LogP contribution in [-0.2, 0) is 16.1 Å². The molecule has 2 aliphatic rings. The Morgan fingerprint density at radius 2 is 2.06 bits per heavy atom. The van der Waals surface area contributed by atoms with E-state index in [0.29, 0.717) is 18.0 Å². The number of ether oxygens (including phenoxy) is 2. The molecular formula is C22H18N4O6. The van der Waals surface area contributed by atoms with Crippen molar-refractivity contribution in [2.45, 2.75) is 25.6 Å². The maximum atomic E-state index is 12.7. The van der Waals surface area contributed by atoms with Crippen molar-refractivity contribution in [1.29, 1.82) is 0 Å². The Balaban J connectivity index is 1.25. The van der Waals surface area contributed by atoms with E-state index in [1.54, 1.807) is 24.5 Å². The molecule has 0 spiro atoms. The molecule has 0 bridgehead atoms. The van der Waals surface area contributed by atoms with Gasteiger partial charge in [-0.25, -0.2) is 4.79 Å². The second kappa shape index (κ2) is 8.31. The van der Waals surface area contributed by atoms with Crippen LogP contribution in [0, 0.1) is 0 Å². The third-order valence-corrected chi connectivity index (χ3v) is 5.33. The quantitative estimate of drug-likeness (QED) is 0.424. The van der Waals surface area contributed by atoms with Crippen molar-refractivity contribution in [2.75, 3.05) is 13.2 Å². The SMILES string of the molecule is O=C(OCc1nc(-c2cccnc2)no1)c1ccc2c(c1)C(=O)N(CC1CCCO1)C2=O. The minimum atomic E-state index is -0.674. The molecule has 0 saturated carbocycles. The Bertz CT molecular complexity index is 1190. The Kier molecular flexibility index (Phi) is 5.20. The number of aromatic nitrogens is 3. The van der Waals surface area contributed by atoms with E-state index in [4.69, 9.17) is 14.0 Å². The molecule has 162 valence electrons. The summed E-state index contributed by atoms with van der Waals surface area (Å²) in [6.45, 7) is 0.608. The summed E-state index contributed by atoms with van der Waals surface area (Å²) in [6.07, 6.45) is 4.79. The Labute approximate surface area is 182 Å². The first kappa shape index (κ1) is 20.0. The molecule has 1 atom stereocenters. The van der Waals surface area contributed by atoms with Gasteiger partial charge in [0.05, 0.1) is 29.3 Å². The summed E-state index contributed by atoms with van der Waals surface area (Å²) < 4.78 is 15.9. The van der Waals surface area contributed by atoms with E-state index in [9.17, 15) is 14.4 Å². The van der Waals surface area contributed by atoms with Crippen LogP contribution < -0.4 is 0 Å². The number of rotatable bonds is 6. The summed E-state index contributed by atoms with van der Waals surface area (Å²) in [6, 6.07) is 7.82. The molecule has 10 nitrogen and oxygen atoms in total. The molecule has 2 aliphatic heterocycles. The van der Waals surface area contributed by atoms with Gasteiger partial charge in [-0.3, -0.25) is 19.5 Å². The van der Waals surface area contributed by atoms with Gasteiger partial charge in [0.1, 0.15) is 0 Å². The van der Waals surface area contributed by atoms with Gasteiger partial charge in [-0.15, -0.1) is 0 Å². The van der Waals surface area contributed by atoms with Gasteiger partial charge in [0.25, 0.3) is 17.7 Å². The molecule has 2 aromatic heterocycles. The van der Waals surface area contributed by atoms with Crippen molar-refractivity contribution in [3.8, 4) is 11.4 Å². The zero-order valence-corrected chi connectivity index (χ0v) is 16.9. The first-order valence-electron chi connectivity index (χ1n) is 10.1. The molecule has 1 unspecified atom stereocenters. The van der Waals surface area contributed by atoms with Gasteiger partial charge in [-0.2, -0.15) is 4.98 Å². The van der Waals surface area contributed by atoms with Crippen LogP contribution in [0.25, 0.3) is 11.4 Å². The van der Waals surface area contributed by atoms with E-state index >= 15 is 0 Å². The fourth-order valence-electron chi connectivity index (χ4n) is 3.71. The van der Waals surface area contributed by atoms with E-state index < -0.39 is 11.9 Å². The number of esters is 1. The van der Waals surface area contributed by atoms with Crippen LogP contribution >= 0.6 is 0 Å². The number of carbonyl (C=O) groups is 3. The Hall–Kier alpha value is -3.92. The molecule has 0 N–H and O–H groups in total. The lowest BCUT2D eigenvalue weighted by atomic mass is 10.1. The summed E-state index contributed by atoms with van der Waals surface area (Å²) in [5.41, 5.74) is 1.26. The molecule has 5 rings (SSSR count). The van der Waals surface area contributed by atoms with Crippen LogP contribution in [0.1, 0.15) is 49.8 Å². The number of fused-ring (bicyclic) bond motifs is 1. The van der Waals surface area contributed by atoms with Gasteiger partial charge in [0.2, 0.25) is 5.82 Å². The maximum absolute atomic E-state index is 12.7. The van der Waals surface area contributed by atoms with Crippen molar-refractivity contribution < 1.29 is 28.4 Å². The predicted molar refractivity (Wildman–Crippen MR) is 107 cm³/mol. The average molecular weight is 434 g/mol. The third-order valence-electron chi connectivity index (χ3n) is 5.33. The smallest absolute Gasteiger partial charge is 0.338 e. The highest BCUT2D eigenvalue weighted by Gasteiger charge is 2.38. The van der Waals surface area contributed by atoms with E-state index in [0.717, 1.165) is 12.8 Å². The number of pyridine rings is 1. The van der Waals surface area contributed by atoms with Crippen molar-refractivity contribution in [1.82, 2.24) is 20.0 Å². The van der Waals surface area contributed by atoms with Crippen LogP contribution in [0.15, 0.2) is 47.2 Å². The van der Waals surface area contributed by atoms with Crippen molar-refractivity contribution in [3.05, 3.63) is 65.3 Å². The summed E-state index contributed by atoms with van der Waals surface area (Å²) in [5, 5.41) is 3.84. The fourth-order valence-corrected chi connectivity index (χ4v) is 3.71. The second-order valence-electron chi connectivity index (χ2n) is 7.45. The van der Waals surface area contributed by atoms with Crippen LogP contribution in [0.5, 0.6) is 0 Å². The molecule has 1 saturated heterocycles. The highest BCUT2D eigenvalue weighted by atomic mass is 16.6. The number of amides is 2. The van der Waals surface area contributed by atoms with Gasteiger partial charge in [0, 0.05) is 24.6 Å². The molecule has 32 heavy (non-hydrogen) atoms. The van der Waals surface area contributed by atoms with E-state index in [1.807, 2.05) is 0 Å². The molecule has 1 aromatic carbocycles. The lowest BCUT2D eigenvalue weighted by Gasteiger charge is -2.17. The van der Waals surface area contributed by atoms with Gasteiger partial charge in [-0.1, -0.05) is 5.16 Å². The Morgan fingerprint density at radius 3 is 2.84 bits per heavy atom. The van der Waals surface area contributed by atoms with Gasteiger partial charge in [0.15, 0.2) is 6.61 Å². The molecule has 4 heterocycles. The summed E-state index contributed by atoms with van der Waals surface area (Å²) in [4.78, 5) is 47.2. The van der Waals surface area contributed by atoms with Gasteiger partial charge in [-0.05, 0) is 43.2 Å². The summed E-state index contributed by atoms with van der Waals surface area (Å²) >= 11 is 0. The first-order valence-corrected chi connectivity index (χ1v) is 10.1. The van der Waals surface area contributed by atoms with Crippen molar-refractivity contribution in [2.24, 2.45) is 0 Å². The number of hydrogen-bond acceptors (Lipinski definition) is 9. The highest BCUT2D eigenvalue weighted by Crippen LogP contribution is 2.26. The maximum Gasteiger partial charge on any atom is 0.338 e. The molecule has 0 radical (unpaired) electrons. The topological polar surface area (TPSA) is 125 Å². The van der Waals surface area contributed by atoms with E-state index in [-0.39, 0.29) is 47.7 Å². The highest BCUT2D eigenvalue weighted by molar-refractivity contribution is 6.22. The zero-order chi connectivity index (χ0) is 22.1. The molecule has 10 heteroatoms. The lowest BCUT2D eigenvalue weighted by Crippen LogP contribution is -2.36. The standard InChI is InChI=1S/C22H18N4O6/c27-20-16-6-5-13(9-17(16)21(28)26(20)11-15-4-2-8-30-15)22(29)31-12-18-24-19(25-32-18)14-3-1-7-23-10-14/h1,3,5-7,9-10,15H,2,4,8,11-12H2. The number of imide groups is 1. The summed E-state index contributed by atoms with van der Waals surface area (Å²) in [7, 11) is 0. The third kappa shape index (κ3) is 3.76. The largest absolute Gasteiger partial charge is 0.452 e. The second-order valence-corrected chi connectivity index (χ2v) is 7.45.